The summed E-state index contributed by atoms with van der Waals surface area (Å²) in [6.45, 7) is 10.2. The number of nitrogens with one attached hydrogen (secondary N) is 2. The van der Waals surface area contributed by atoms with Crippen molar-refractivity contribution in [2.24, 2.45) is 4.99 Å². The fourth-order valence-electron chi connectivity index (χ4n) is 4.26. The van der Waals surface area contributed by atoms with E-state index >= 15 is 0 Å². The van der Waals surface area contributed by atoms with Gasteiger partial charge in [0.15, 0.2) is 5.96 Å². The molecule has 170 valence electrons. The number of rotatable bonds is 10. The number of aliphatic imine (C=N–C) groups is 1. The number of ether oxygens (including phenoxy) is 1. The van der Waals surface area contributed by atoms with Crippen molar-refractivity contribution in [3.8, 4) is 0 Å². The first-order valence-electron chi connectivity index (χ1n) is 11.2. The van der Waals surface area contributed by atoms with Gasteiger partial charge in [-0.1, -0.05) is 19.3 Å². The molecule has 0 amide bonds. The van der Waals surface area contributed by atoms with Crippen LogP contribution < -0.4 is 10.6 Å². The first-order chi connectivity index (χ1) is 13.9. The second kappa shape index (κ2) is 12.1. The number of morpholine rings is 1. The molecule has 0 atom stereocenters. The van der Waals surface area contributed by atoms with Crippen molar-refractivity contribution < 1.29 is 13.2 Å². The summed E-state index contributed by atoms with van der Waals surface area (Å²) in [7, 11) is -1.46. The molecule has 0 aromatic rings. The Morgan fingerprint density at radius 1 is 1.14 bits per heavy atom. The van der Waals surface area contributed by atoms with Gasteiger partial charge in [-0.25, -0.2) is 12.7 Å². The third-order valence-electron chi connectivity index (χ3n) is 6.12. The monoisotopic (exact) mass is 431 g/mol. The average molecular weight is 432 g/mol. The fraction of sp³-hybridized carbons (Fsp3) is 0.950. The largest absolute Gasteiger partial charge is 0.379 e. The molecule has 8 nitrogen and oxygen atoms in total. The summed E-state index contributed by atoms with van der Waals surface area (Å²) >= 11 is 0. The molecule has 2 N–H and O–H groups in total. The van der Waals surface area contributed by atoms with Crippen molar-refractivity contribution in [1.29, 1.82) is 0 Å². The molecule has 0 bridgehead atoms. The summed E-state index contributed by atoms with van der Waals surface area (Å²) in [5.74, 6) is 0.969. The van der Waals surface area contributed by atoms with Gasteiger partial charge in [-0.3, -0.25) is 9.89 Å². The Labute approximate surface area is 177 Å². The molecule has 2 fully saturated rings. The summed E-state index contributed by atoms with van der Waals surface area (Å²) in [5.41, 5.74) is 0.153. The van der Waals surface area contributed by atoms with Crippen LogP contribution in [-0.4, -0.2) is 94.4 Å². The van der Waals surface area contributed by atoms with E-state index in [1.165, 1.54) is 36.4 Å². The maximum Gasteiger partial charge on any atom is 0.213 e. The molecule has 1 saturated carbocycles. The van der Waals surface area contributed by atoms with E-state index in [9.17, 15) is 8.42 Å². The van der Waals surface area contributed by atoms with E-state index in [4.69, 9.17) is 9.73 Å². The molecule has 9 heteroatoms. The van der Waals surface area contributed by atoms with Crippen molar-refractivity contribution in [2.45, 2.75) is 57.9 Å². The van der Waals surface area contributed by atoms with E-state index in [0.717, 1.165) is 51.8 Å². The van der Waals surface area contributed by atoms with Crippen LogP contribution in [-0.2, 0) is 14.8 Å². The highest BCUT2D eigenvalue weighted by molar-refractivity contribution is 7.89. The number of sulfonamides is 1. The SMILES string of the molecule is CCNC(=NCC1(N2CCOCC2)CCCCC1)NCCCN(C)S(=O)(=O)CC. The van der Waals surface area contributed by atoms with Gasteiger partial charge < -0.3 is 15.4 Å². The van der Waals surface area contributed by atoms with Crippen LogP contribution in [0.5, 0.6) is 0 Å². The molecule has 0 unspecified atom stereocenters. The highest BCUT2D eigenvalue weighted by Gasteiger charge is 2.38. The van der Waals surface area contributed by atoms with Crippen LogP contribution in [0, 0.1) is 0 Å². The van der Waals surface area contributed by atoms with Gasteiger partial charge in [-0.2, -0.15) is 0 Å². The Hall–Kier alpha value is -0.900. The van der Waals surface area contributed by atoms with Crippen LogP contribution in [0.4, 0.5) is 0 Å². The molecule has 0 aromatic carbocycles. The molecule has 2 rings (SSSR count). The first kappa shape index (κ1) is 24.4. The van der Waals surface area contributed by atoms with Gasteiger partial charge in [0.2, 0.25) is 10.0 Å². The van der Waals surface area contributed by atoms with E-state index in [0.29, 0.717) is 13.1 Å². The maximum atomic E-state index is 11.8. The predicted octanol–water partition coefficient (Wildman–Crippen LogP) is 1.25. The molecule has 1 aliphatic carbocycles. The molecule has 29 heavy (non-hydrogen) atoms. The van der Waals surface area contributed by atoms with Gasteiger partial charge in [0, 0.05) is 45.3 Å². The van der Waals surface area contributed by atoms with Crippen molar-refractivity contribution >= 4 is 16.0 Å². The molecule has 1 aliphatic heterocycles. The minimum absolute atomic E-state index is 0.144. The summed E-state index contributed by atoms with van der Waals surface area (Å²) in [6, 6.07) is 0. The van der Waals surface area contributed by atoms with E-state index in [2.05, 4.69) is 22.5 Å². The van der Waals surface area contributed by atoms with E-state index in [1.54, 1.807) is 14.0 Å². The lowest BCUT2D eigenvalue weighted by atomic mass is 9.80. The van der Waals surface area contributed by atoms with Gasteiger partial charge in [0.25, 0.3) is 0 Å². The Morgan fingerprint density at radius 2 is 1.83 bits per heavy atom. The van der Waals surface area contributed by atoms with Crippen molar-refractivity contribution in [3.63, 3.8) is 0 Å². The number of guanidine groups is 1. The third-order valence-corrected chi connectivity index (χ3v) is 7.99. The smallest absolute Gasteiger partial charge is 0.213 e. The Morgan fingerprint density at radius 3 is 2.45 bits per heavy atom. The first-order valence-corrected chi connectivity index (χ1v) is 12.8. The number of nitrogens with zero attached hydrogens (tertiary/aromatic N) is 3. The molecule has 1 saturated heterocycles. The van der Waals surface area contributed by atoms with Gasteiger partial charge in [0.1, 0.15) is 0 Å². The van der Waals surface area contributed by atoms with Crippen LogP contribution >= 0.6 is 0 Å². The second-order valence-corrected chi connectivity index (χ2v) is 10.4. The van der Waals surface area contributed by atoms with Crippen molar-refractivity contribution in [2.75, 3.05) is 65.3 Å². The zero-order valence-electron chi connectivity index (χ0n) is 18.6. The summed E-state index contributed by atoms with van der Waals surface area (Å²) in [5, 5.41) is 6.72. The van der Waals surface area contributed by atoms with Crippen LogP contribution in [0.3, 0.4) is 0 Å². The zero-order chi connectivity index (χ0) is 21.2. The van der Waals surface area contributed by atoms with E-state index in [1.807, 2.05) is 0 Å². The van der Waals surface area contributed by atoms with Crippen LogP contribution in [0.2, 0.25) is 0 Å². The predicted molar refractivity (Wildman–Crippen MR) is 119 cm³/mol. The van der Waals surface area contributed by atoms with E-state index < -0.39 is 10.0 Å². The lowest BCUT2D eigenvalue weighted by molar-refractivity contribution is -0.0333. The maximum absolute atomic E-state index is 11.8. The number of hydrogen-bond acceptors (Lipinski definition) is 5. The standard InChI is InChI=1S/C20H41N5O3S/c1-4-21-19(22-12-9-13-24(3)29(26,27)5-2)23-18-20(10-7-6-8-11-20)25-14-16-28-17-15-25/h4-18H2,1-3H3,(H2,21,22,23). The normalized spacial score (nSPS) is 21.3. The zero-order valence-corrected chi connectivity index (χ0v) is 19.4. The topological polar surface area (TPSA) is 86.3 Å². The minimum Gasteiger partial charge on any atom is -0.379 e. The molecule has 0 radical (unpaired) electrons. The Kier molecular flexibility index (Phi) is 10.1. The Balaban J connectivity index is 1.91. The van der Waals surface area contributed by atoms with Crippen LogP contribution in [0.25, 0.3) is 0 Å². The summed E-state index contributed by atoms with van der Waals surface area (Å²) in [6.07, 6.45) is 7.02. The Bertz CT molecular complexity index is 599. The van der Waals surface area contributed by atoms with Gasteiger partial charge in [-0.05, 0) is 33.1 Å². The van der Waals surface area contributed by atoms with Crippen LogP contribution in [0.15, 0.2) is 4.99 Å². The molecule has 0 aromatic heterocycles. The molecule has 2 aliphatic rings. The highest BCUT2D eigenvalue weighted by Crippen LogP contribution is 2.34. The molecular formula is C20H41N5O3S. The highest BCUT2D eigenvalue weighted by atomic mass is 32.2. The lowest BCUT2D eigenvalue weighted by Gasteiger charge is -2.47. The summed E-state index contributed by atoms with van der Waals surface area (Å²) in [4.78, 5) is 7.55. The second-order valence-electron chi connectivity index (χ2n) is 8.08. The summed E-state index contributed by atoms with van der Waals surface area (Å²) < 4.78 is 30.7. The lowest BCUT2D eigenvalue weighted by Crippen LogP contribution is -2.56. The number of hydrogen-bond donors (Lipinski definition) is 2. The van der Waals surface area contributed by atoms with Gasteiger partial charge >= 0.3 is 0 Å². The fourth-order valence-corrected chi connectivity index (χ4v) is 5.11. The third kappa shape index (κ3) is 7.38. The van der Waals surface area contributed by atoms with Gasteiger partial charge in [0.05, 0.1) is 25.5 Å². The molecule has 0 spiro atoms. The quantitative estimate of drug-likeness (QED) is 0.308. The van der Waals surface area contributed by atoms with Crippen LogP contribution in [0.1, 0.15) is 52.4 Å². The van der Waals surface area contributed by atoms with Crippen molar-refractivity contribution in [3.05, 3.63) is 0 Å². The van der Waals surface area contributed by atoms with E-state index in [-0.39, 0.29) is 11.3 Å². The minimum atomic E-state index is -3.11. The van der Waals surface area contributed by atoms with Gasteiger partial charge in [-0.15, -0.1) is 0 Å². The molecular weight excluding hydrogens is 390 g/mol. The molecule has 1 heterocycles. The van der Waals surface area contributed by atoms with Crippen molar-refractivity contribution in [1.82, 2.24) is 19.8 Å². The average Bonchev–Trinajstić information content (AvgIpc) is 2.76.